The molecule has 0 saturated carbocycles. The summed E-state index contributed by atoms with van der Waals surface area (Å²) in [6.45, 7) is 1.91. The van der Waals surface area contributed by atoms with Crippen LogP contribution in [0.1, 0.15) is 11.3 Å². The standard InChI is InChI=1S/C11H8N4S/c1-7-2-10(15-11(16)14-7)9-3-8(4-12)5-13-6-9/h2-3,5-6H,1H3,(H,14,15,16). The van der Waals surface area contributed by atoms with Crippen LogP contribution in [0, 0.1) is 23.0 Å². The fraction of sp³-hybridized carbons (Fsp3) is 0.0909. The second-order valence-electron chi connectivity index (χ2n) is 3.33. The number of hydrogen-bond donors (Lipinski definition) is 1. The SMILES string of the molecule is Cc1cc(-c2cncc(C#N)c2)nc(=S)[nH]1. The lowest BCUT2D eigenvalue weighted by Crippen LogP contribution is -1.91. The zero-order chi connectivity index (χ0) is 11.5. The smallest absolute Gasteiger partial charge is 0.197 e. The van der Waals surface area contributed by atoms with Crippen molar-refractivity contribution in [2.24, 2.45) is 0 Å². The molecule has 1 N–H and O–H groups in total. The van der Waals surface area contributed by atoms with Gasteiger partial charge in [0.15, 0.2) is 4.77 Å². The molecule has 2 heterocycles. The highest BCUT2D eigenvalue weighted by Crippen LogP contribution is 2.16. The van der Waals surface area contributed by atoms with E-state index in [1.807, 2.05) is 19.1 Å². The summed E-state index contributed by atoms with van der Waals surface area (Å²) >= 11 is 5.00. The summed E-state index contributed by atoms with van der Waals surface area (Å²) in [7, 11) is 0. The van der Waals surface area contributed by atoms with Crippen molar-refractivity contribution >= 4 is 12.2 Å². The molecular formula is C11H8N4S. The van der Waals surface area contributed by atoms with E-state index in [2.05, 4.69) is 15.0 Å². The van der Waals surface area contributed by atoms with Gasteiger partial charge in [-0.25, -0.2) is 4.98 Å². The Labute approximate surface area is 97.6 Å². The van der Waals surface area contributed by atoms with Crippen molar-refractivity contribution in [3.05, 3.63) is 40.6 Å². The summed E-state index contributed by atoms with van der Waals surface area (Å²) < 4.78 is 0.428. The first-order valence-electron chi connectivity index (χ1n) is 4.62. The monoisotopic (exact) mass is 228 g/mol. The molecule has 0 atom stereocenters. The summed E-state index contributed by atoms with van der Waals surface area (Å²) in [5.41, 5.74) is 2.96. The lowest BCUT2D eigenvalue weighted by molar-refractivity contribution is 1.08. The Kier molecular flexibility index (Phi) is 2.75. The maximum Gasteiger partial charge on any atom is 0.197 e. The number of pyridine rings is 1. The number of H-pyrrole nitrogens is 1. The van der Waals surface area contributed by atoms with Gasteiger partial charge in [0.1, 0.15) is 6.07 Å². The fourth-order valence-corrected chi connectivity index (χ4v) is 1.63. The van der Waals surface area contributed by atoms with Gasteiger partial charge >= 0.3 is 0 Å². The molecule has 4 nitrogen and oxygen atoms in total. The predicted molar refractivity (Wildman–Crippen MR) is 62.1 cm³/mol. The number of aromatic nitrogens is 3. The maximum absolute atomic E-state index is 8.78. The van der Waals surface area contributed by atoms with Crippen molar-refractivity contribution in [1.29, 1.82) is 5.26 Å². The summed E-state index contributed by atoms with van der Waals surface area (Å²) in [6, 6.07) is 5.65. The molecule has 2 aromatic heterocycles. The van der Waals surface area contributed by atoms with E-state index in [0.717, 1.165) is 17.0 Å². The normalized spacial score (nSPS) is 9.75. The van der Waals surface area contributed by atoms with Crippen molar-refractivity contribution in [3.8, 4) is 17.3 Å². The molecule has 0 aliphatic rings. The van der Waals surface area contributed by atoms with Crippen LogP contribution in [0.25, 0.3) is 11.3 Å². The third-order valence-electron chi connectivity index (χ3n) is 2.04. The van der Waals surface area contributed by atoms with E-state index in [1.54, 1.807) is 12.3 Å². The van der Waals surface area contributed by atoms with E-state index in [9.17, 15) is 0 Å². The van der Waals surface area contributed by atoms with E-state index >= 15 is 0 Å². The molecule has 0 saturated heterocycles. The molecule has 16 heavy (non-hydrogen) atoms. The third kappa shape index (κ3) is 2.12. The van der Waals surface area contributed by atoms with Gasteiger partial charge in [0, 0.05) is 23.7 Å². The minimum Gasteiger partial charge on any atom is -0.335 e. The number of aryl methyl sites for hydroxylation is 1. The topological polar surface area (TPSA) is 65.4 Å². The van der Waals surface area contributed by atoms with Crippen LogP contribution in [0.3, 0.4) is 0 Å². The van der Waals surface area contributed by atoms with E-state index in [4.69, 9.17) is 17.5 Å². The minimum absolute atomic E-state index is 0.428. The molecule has 5 heteroatoms. The molecule has 0 amide bonds. The number of nitrogens with zero attached hydrogens (tertiary/aromatic N) is 3. The van der Waals surface area contributed by atoms with Crippen LogP contribution in [0.15, 0.2) is 24.5 Å². The lowest BCUT2D eigenvalue weighted by Gasteiger charge is -2.01. The summed E-state index contributed by atoms with van der Waals surface area (Å²) in [5, 5.41) is 8.78. The zero-order valence-electron chi connectivity index (χ0n) is 8.56. The van der Waals surface area contributed by atoms with Crippen molar-refractivity contribution in [3.63, 3.8) is 0 Å². The van der Waals surface area contributed by atoms with Gasteiger partial charge in [-0.05, 0) is 31.3 Å². The molecule has 2 rings (SSSR count). The molecule has 0 unspecified atom stereocenters. The first-order valence-corrected chi connectivity index (χ1v) is 5.03. The summed E-state index contributed by atoms with van der Waals surface area (Å²) in [5.74, 6) is 0. The van der Waals surface area contributed by atoms with E-state index in [1.165, 1.54) is 6.20 Å². The van der Waals surface area contributed by atoms with Gasteiger partial charge in [-0.2, -0.15) is 5.26 Å². The zero-order valence-corrected chi connectivity index (χ0v) is 9.38. The third-order valence-corrected chi connectivity index (χ3v) is 2.24. The van der Waals surface area contributed by atoms with E-state index in [-0.39, 0.29) is 0 Å². The van der Waals surface area contributed by atoms with Gasteiger partial charge < -0.3 is 4.98 Å². The Morgan fingerprint density at radius 1 is 1.38 bits per heavy atom. The minimum atomic E-state index is 0.428. The average molecular weight is 228 g/mol. The van der Waals surface area contributed by atoms with Crippen LogP contribution in [0.5, 0.6) is 0 Å². The molecular weight excluding hydrogens is 220 g/mol. The second kappa shape index (κ2) is 4.21. The van der Waals surface area contributed by atoms with Gasteiger partial charge in [-0.15, -0.1) is 0 Å². The largest absolute Gasteiger partial charge is 0.335 e. The molecule has 0 aliphatic heterocycles. The van der Waals surface area contributed by atoms with E-state index in [0.29, 0.717) is 10.3 Å². The van der Waals surface area contributed by atoms with Crippen LogP contribution < -0.4 is 0 Å². The first-order chi connectivity index (χ1) is 7.69. The molecule has 0 aromatic carbocycles. The Morgan fingerprint density at radius 2 is 2.19 bits per heavy atom. The molecule has 78 valence electrons. The summed E-state index contributed by atoms with van der Waals surface area (Å²) in [6.07, 6.45) is 3.18. The maximum atomic E-state index is 8.78. The van der Waals surface area contributed by atoms with Crippen molar-refractivity contribution in [1.82, 2.24) is 15.0 Å². The molecule has 2 aromatic rings. The quantitative estimate of drug-likeness (QED) is 0.761. The van der Waals surface area contributed by atoms with Gasteiger partial charge in [0.25, 0.3) is 0 Å². The molecule has 0 aliphatic carbocycles. The highest BCUT2D eigenvalue weighted by molar-refractivity contribution is 7.71. The number of nitrogens with one attached hydrogen (secondary N) is 1. The van der Waals surface area contributed by atoms with Gasteiger partial charge in [-0.3, -0.25) is 4.98 Å². The Bertz CT molecular complexity index is 624. The lowest BCUT2D eigenvalue weighted by atomic mass is 10.1. The van der Waals surface area contributed by atoms with Crippen LogP contribution in [-0.2, 0) is 0 Å². The Morgan fingerprint density at radius 3 is 2.88 bits per heavy atom. The van der Waals surface area contributed by atoms with Gasteiger partial charge in [-0.1, -0.05) is 0 Å². The second-order valence-corrected chi connectivity index (χ2v) is 3.72. The first kappa shape index (κ1) is 10.5. The number of rotatable bonds is 1. The van der Waals surface area contributed by atoms with Crippen molar-refractivity contribution < 1.29 is 0 Å². The molecule has 0 radical (unpaired) electrons. The Balaban J connectivity index is 2.59. The van der Waals surface area contributed by atoms with Crippen LogP contribution in [0.2, 0.25) is 0 Å². The highest BCUT2D eigenvalue weighted by atomic mass is 32.1. The van der Waals surface area contributed by atoms with Crippen molar-refractivity contribution in [2.45, 2.75) is 6.92 Å². The van der Waals surface area contributed by atoms with Gasteiger partial charge in [0.05, 0.1) is 11.3 Å². The van der Waals surface area contributed by atoms with Crippen LogP contribution in [0.4, 0.5) is 0 Å². The predicted octanol–water partition coefficient (Wildman–Crippen LogP) is 2.38. The van der Waals surface area contributed by atoms with Crippen LogP contribution in [-0.4, -0.2) is 15.0 Å². The fourth-order valence-electron chi connectivity index (χ4n) is 1.37. The van der Waals surface area contributed by atoms with Crippen LogP contribution >= 0.6 is 12.2 Å². The number of nitriles is 1. The van der Waals surface area contributed by atoms with Crippen molar-refractivity contribution in [2.75, 3.05) is 0 Å². The molecule has 0 spiro atoms. The number of hydrogen-bond acceptors (Lipinski definition) is 4. The highest BCUT2D eigenvalue weighted by Gasteiger charge is 2.02. The molecule has 0 fully saturated rings. The molecule has 0 bridgehead atoms. The van der Waals surface area contributed by atoms with Gasteiger partial charge in [0.2, 0.25) is 0 Å². The average Bonchev–Trinajstić information content (AvgIpc) is 2.28. The number of aromatic amines is 1. The Hall–Kier alpha value is -2.06. The van der Waals surface area contributed by atoms with E-state index < -0.39 is 0 Å². The summed E-state index contributed by atoms with van der Waals surface area (Å²) in [4.78, 5) is 11.1.